The van der Waals surface area contributed by atoms with Crippen molar-refractivity contribution < 1.29 is 4.79 Å². The lowest BCUT2D eigenvalue weighted by atomic mass is 10.3. The number of para-hydroxylation sites is 2. The van der Waals surface area contributed by atoms with Gasteiger partial charge in [-0.2, -0.15) is 0 Å². The summed E-state index contributed by atoms with van der Waals surface area (Å²) in [6.07, 6.45) is 1.48. The number of carbonyl (C=O) groups is 1. The molecule has 2 rings (SSSR count). The number of hydrogen-bond donors (Lipinski definition) is 1. The maximum atomic E-state index is 11.6. The van der Waals surface area contributed by atoms with Crippen LogP contribution in [0, 0.1) is 0 Å². The Morgan fingerprint density at radius 1 is 1.22 bits per heavy atom. The zero-order chi connectivity index (χ0) is 13.1. The molecule has 5 heteroatoms. The molecule has 0 bridgehead atoms. The molecular formula is C13H12ClN3O. The van der Waals surface area contributed by atoms with Gasteiger partial charge in [-0.3, -0.25) is 4.79 Å². The molecule has 2 aromatic rings. The smallest absolute Gasteiger partial charge is 0.249 e. The van der Waals surface area contributed by atoms with E-state index in [-0.39, 0.29) is 16.9 Å². The van der Waals surface area contributed by atoms with Crippen LogP contribution >= 0.6 is 11.6 Å². The zero-order valence-corrected chi connectivity index (χ0v) is 10.8. The number of benzene rings is 1. The predicted octanol–water partition coefficient (Wildman–Crippen LogP) is 3.19. The lowest BCUT2D eigenvalue weighted by molar-refractivity contribution is -0.112. The maximum absolute atomic E-state index is 11.6. The standard InChI is InChI=1S/C13H12ClN3O/c1-8(2)7-11(18)17-13-12(14)15-9-5-3-4-6-10(9)16-13/h3-7H,1-2H3,(H,16,17,18). The van der Waals surface area contributed by atoms with E-state index >= 15 is 0 Å². The van der Waals surface area contributed by atoms with E-state index < -0.39 is 0 Å². The minimum Gasteiger partial charge on any atom is -0.304 e. The van der Waals surface area contributed by atoms with Crippen LogP contribution < -0.4 is 5.32 Å². The molecule has 0 aliphatic heterocycles. The molecule has 0 spiro atoms. The van der Waals surface area contributed by atoms with Gasteiger partial charge in [0.25, 0.3) is 0 Å². The highest BCUT2D eigenvalue weighted by Gasteiger charge is 2.08. The number of hydrogen-bond acceptors (Lipinski definition) is 3. The monoisotopic (exact) mass is 261 g/mol. The Labute approximate surface area is 110 Å². The lowest BCUT2D eigenvalue weighted by Crippen LogP contribution is -2.11. The summed E-state index contributed by atoms with van der Waals surface area (Å²) in [5, 5.41) is 2.80. The molecule has 4 nitrogen and oxygen atoms in total. The van der Waals surface area contributed by atoms with Crippen molar-refractivity contribution in [3.8, 4) is 0 Å². The predicted molar refractivity (Wildman–Crippen MR) is 72.6 cm³/mol. The third kappa shape index (κ3) is 2.84. The molecule has 1 aromatic carbocycles. The number of amides is 1. The van der Waals surface area contributed by atoms with Gasteiger partial charge >= 0.3 is 0 Å². The first-order valence-electron chi connectivity index (χ1n) is 5.44. The number of fused-ring (bicyclic) bond motifs is 1. The number of aromatic nitrogens is 2. The van der Waals surface area contributed by atoms with Crippen LogP contribution in [0.25, 0.3) is 11.0 Å². The Bertz CT molecular complexity index is 633. The van der Waals surface area contributed by atoms with E-state index in [1.807, 2.05) is 38.1 Å². The molecular weight excluding hydrogens is 250 g/mol. The van der Waals surface area contributed by atoms with Crippen LogP contribution in [-0.4, -0.2) is 15.9 Å². The molecule has 0 atom stereocenters. The van der Waals surface area contributed by atoms with E-state index in [4.69, 9.17) is 11.6 Å². The van der Waals surface area contributed by atoms with Crippen LogP contribution in [0.2, 0.25) is 5.15 Å². The summed E-state index contributed by atoms with van der Waals surface area (Å²) in [4.78, 5) is 20.0. The Balaban J connectivity index is 2.36. The molecule has 0 aliphatic rings. The minimum absolute atomic E-state index is 0.184. The molecule has 0 unspecified atom stereocenters. The van der Waals surface area contributed by atoms with E-state index in [1.54, 1.807) is 0 Å². The molecule has 1 aromatic heterocycles. The van der Waals surface area contributed by atoms with E-state index in [9.17, 15) is 4.79 Å². The molecule has 1 heterocycles. The van der Waals surface area contributed by atoms with Crippen molar-refractivity contribution >= 4 is 34.4 Å². The average Bonchev–Trinajstić information content (AvgIpc) is 2.29. The van der Waals surface area contributed by atoms with Gasteiger partial charge in [-0.05, 0) is 26.0 Å². The highest BCUT2D eigenvalue weighted by molar-refractivity contribution is 6.32. The number of nitrogens with zero attached hydrogens (tertiary/aromatic N) is 2. The molecule has 18 heavy (non-hydrogen) atoms. The Hall–Kier alpha value is -1.94. The van der Waals surface area contributed by atoms with Gasteiger partial charge in [0.15, 0.2) is 11.0 Å². The number of nitrogens with one attached hydrogen (secondary N) is 1. The summed E-state index contributed by atoms with van der Waals surface area (Å²) in [6.45, 7) is 3.68. The fourth-order valence-corrected chi connectivity index (χ4v) is 1.65. The second kappa shape index (κ2) is 5.14. The second-order valence-electron chi connectivity index (χ2n) is 4.06. The molecule has 92 valence electrons. The number of allylic oxidation sites excluding steroid dienone is 1. The summed E-state index contributed by atoms with van der Waals surface area (Å²) in [7, 11) is 0. The first-order chi connectivity index (χ1) is 8.56. The van der Waals surface area contributed by atoms with Gasteiger partial charge in [0.1, 0.15) is 0 Å². The van der Waals surface area contributed by atoms with Crippen LogP contribution in [-0.2, 0) is 4.79 Å². The molecule has 1 amide bonds. The Morgan fingerprint density at radius 2 is 1.83 bits per heavy atom. The first-order valence-corrected chi connectivity index (χ1v) is 5.82. The van der Waals surface area contributed by atoms with Crippen LogP contribution in [0.15, 0.2) is 35.9 Å². The topological polar surface area (TPSA) is 54.9 Å². The molecule has 0 saturated heterocycles. The van der Waals surface area contributed by atoms with Crippen molar-refractivity contribution in [2.24, 2.45) is 0 Å². The molecule has 0 aliphatic carbocycles. The number of carbonyl (C=O) groups excluding carboxylic acids is 1. The van der Waals surface area contributed by atoms with Crippen molar-refractivity contribution in [2.45, 2.75) is 13.8 Å². The average molecular weight is 262 g/mol. The van der Waals surface area contributed by atoms with Crippen molar-refractivity contribution in [1.29, 1.82) is 0 Å². The highest BCUT2D eigenvalue weighted by Crippen LogP contribution is 2.20. The fourth-order valence-electron chi connectivity index (χ4n) is 1.47. The van der Waals surface area contributed by atoms with Crippen molar-refractivity contribution in [3.63, 3.8) is 0 Å². The van der Waals surface area contributed by atoms with Crippen molar-refractivity contribution in [3.05, 3.63) is 41.1 Å². The number of anilines is 1. The molecule has 0 saturated carbocycles. The van der Waals surface area contributed by atoms with E-state index in [1.165, 1.54) is 6.08 Å². The van der Waals surface area contributed by atoms with Crippen LogP contribution in [0.1, 0.15) is 13.8 Å². The van der Waals surface area contributed by atoms with Crippen LogP contribution in [0.3, 0.4) is 0 Å². The van der Waals surface area contributed by atoms with E-state index in [2.05, 4.69) is 15.3 Å². The van der Waals surface area contributed by atoms with Crippen molar-refractivity contribution in [1.82, 2.24) is 9.97 Å². The normalized spacial score (nSPS) is 10.2. The molecule has 0 fully saturated rings. The van der Waals surface area contributed by atoms with Gasteiger partial charge in [-0.25, -0.2) is 9.97 Å². The lowest BCUT2D eigenvalue weighted by Gasteiger charge is -2.05. The largest absolute Gasteiger partial charge is 0.304 e. The third-order valence-electron chi connectivity index (χ3n) is 2.19. The van der Waals surface area contributed by atoms with Gasteiger partial charge < -0.3 is 5.32 Å². The number of rotatable bonds is 2. The zero-order valence-electron chi connectivity index (χ0n) is 10.1. The molecule has 0 radical (unpaired) electrons. The SMILES string of the molecule is CC(C)=CC(=O)Nc1nc2ccccc2nc1Cl. The van der Waals surface area contributed by atoms with Crippen LogP contribution in [0.5, 0.6) is 0 Å². The van der Waals surface area contributed by atoms with Gasteiger partial charge in [-0.1, -0.05) is 29.3 Å². The summed E-state index contributed by atoms with van der Waals surface area (Å²) >= 11 is 5.97. The summed E-state index contributed by atoms with van der Waals surface area (Å²) in [5.74, 6) is 0.0133. The summed E-state index contributed by atoms with van der Waals surface area (Å²) < 4.78 is 0. The van der Waals surface area contributed by atoms with Crippen molar-refractivity contribution in [2.75, 3.05) is 5.32 Å². The first kappa shape index (κ1) is 12.5. The van der Waals surface area contributed by atoms with E-state index in [0.29, 0.717) is 11.0 Å². The third-order valence-corrected chi connectivity index (χ3v) is 2.45. The minimum atomic E-state index is -0.263. The summed E-state index contributed by atoms with van der Waals surface area (Å²) in [5.41, 5.74) is 2.29. The molecule has 1 N–H and O–H groups in total. The van der Waals surface area contributed by atoms with Gasteiger partial charge in [0.05, 0.1) is 11.0 Å². The quantitative estimate of drug-likeness (QED) is 0.845. The Kier molecular flexibility index (Phi) is 3.58. The highest BCUT2D eigenvalue weighted by atomic mass is 35.5. The maximum Gasteiger partial charge on any atom is 0.249 e. The number of halogens is 1. The van der Waals surface area contributed by atoms with Crippen LogP contribution in [0.4, 0.5) is 5.82 Å². The van der Waals surface area contributed by atoms with Gasteiger partial charge in [0, 0.05) is 6.08 Å². The Morgan fingerprint density at radius 3 is 2.44 bits per heavy atom. The second-order valence-corrected chi connectivity index (χ2v) is 4.42. The van der Waals surface area contributed by atoms with Gasteiger partial charge in [-0.15, -0.1) is 0 Å². The fraction of sp³-hybridized carbons (Fsp3) is 0.154. The summed E-state index contributed by atoms with van der Waals surface area (Å²) in [6, 6.07) is 7.34. The van der Waals surface area contributed by atoms with E-state index in [0.717, 1.165) is 5.57 Å². The van der Waals surface area contributed by atoms with Gasteiger partial charge in [0.2, 0.25) is 5.91 Å².